The fourth-order valence-electron chi connectivity index (χ4n) is 2.48. The Bertz CT molecular complexity index is 802. The minimum atomic E-state index is -0.779. The van der Waals surface area contributed by atoms with Gasteiger partial charge in [-0.25, -0.2) is 0 Å². The number of carboxylic acids is 1. The first-order valence-corrected chi connectivity index (χ1v) is 6.55. The molecule has 0 radical (unpaired) electrons. The number of nitrogens with one attached hydrogen (secondary N) is 1. The summed E-state index contributed by atoms with van der Waals surface area (Å²) < 4.78 is 0. The number of hydrogen-bond donors (Lipinski definition) is 2. The molecule has 2 N–H and O–H groups in total. The van der Waals surface area contributed by atoms with Gasteiger partial charge >= 0.3 is 5.97 Å². The second-order valence-corrected chi connectivity index (χ2v) is 5.79. The van der Waals surface area contributed by atoms with Crippen LogP contribution in [0.25, 0.3) is 21.8 Å². The van der Waals surface area contributed by atoms with Crippen molar-refractivity contribution in [2.75, 3.05) is 0 Å². The van der Waals surface area contributed by atoms with Crippen LogP contribution in [-0.4, -0.2) is 21.0 Å². The minimum Gasteiger partial charge on any atom is -0.481 e. The van der Waals surface area contributed by atoms with E-state index in [2.05, 4.69) is 16.0 Å². The molecule has 0 fully saturated rings. The van der Waals surface area contributed by atoms with Gasteiger partial charge in [0.2, 0.25) is 0 Å². The number of carbonyl (C=O) groups is 1. The van der Waals surface area contributed by atoms with Gasteiger partial charge in [-0.3, -0.25) is 9.78 Å². The molecule has 1 aromatic carbocycles. The molecule has 0 aliphatic carbocycles. The van der Waals surface area contributed by atoms with Crippen LogP contribution in [0, 0.1) is 5.41 Å². The molecule has 20 heavy (non-hydrogen) atoms. The fourth-order valence-corrected chi connectivity index (χ4v) is 2.48. The first kappa shape index (κ1) is 12.7. The van der Waals surface area contributed by atoms with Gasteiger partial charge in [-0.05, 0) is 44.0 Å². The van der Waals surface area contributed by atoms with Crippen LogP contribution in [0.4, 0.5) is 0 Å². The van der Waals surface area contributed by atoms with Crippen LogP contribution >= 0.6 is 0 Å². The zero-order valence-corrected chi connectivity index (χ0v) is 11.5. The van der Waals surface area contributed by atoms with Crippen molar-refractivity contribution in [1.82, 2.24) is 9.97 Å². The Hall–Kier alpha value is -2.36. The second-order valence-electron chi connectivity index (χ2n) is 5.79. The number of aliphatic carboxylic acids is 1. The molecule has 3 aromatic rings. The summed E-state index contributed by atoms with van der Waals surface area (Å²) in [6, 6.07) is 7.98. The monoisotopic (exact) mass is 268 g/mol. The summed E-state index contributed by atoms with van der Waals surface area (Å²) in [5.41, 5.74) is 2.35. The third-order valence-electron chi connectivity index (χ3n) is 3.69. The summed E-state index contributed by atoms with van der Waals surface area (Å²) >= 11 is 0. The minimum absolute atomic E-state index is 0.505. The molecule has 2 aromatic heterocycles. The Balaban J connectivity index is 2.10. The quantitative estimate of drug-likeness (QED) is 0.765. The van der Waals surface area contributed by atoms with E-state index in [4.69, 9.17) is 0 Å². The van der Waals surface area contributed by atoms with Crippen molar-refractivity contribution in [3.05, 3.63) is 42.2 Å². The van der Waals surface area contributed by atoms with Gasteiger partial charge in [-0.2, -0.15) is 0 Å². The summed E-state index contributed by atoms with van der Waals surface area (Å²) in [6.07, 6.45) is 4.09. The molecule has 2 heterocycles. The largest absolute Gasteiger partial charge is 0.481 e. The van der Waals surface area contributed by atoms with E-state index >= 15 is 0 Å². The van der Waals surface area contributed by atoms with Crippen LogP contribution < -0.4 is 0 Å². The van der Waals surface area contributed by atoms with E-state index in [0.717, 1.165) is 27.4 Å². The molecule has 0 amide bonds. The highest BCUT2D eigenvalue weighted by atomic mass is 16.4. The van der Waals surface area contributed by atoms with Crippen molar-refractivity contribution < 1.29 is 9.90 Å². The van der Waals surface area contributed by atoms with E-state index in [1.807, 2.05) is 24.4 Å². The highest BCUT2D eigenvalue weighted by molar-refractivity contribution is 6.06. The van der Waals surface area contributed by atoms with Gasteiger partial charge in [-0.15, -0.1) is 0 Å². The Morgan fingerprint density at radius 1 is 1.25 bits per heavy atom. The predicted octanol–water partition coefficient (Wildman–Crippen LogP) is 3.37. The number of hydrogen-bond acceptors (Lipinski definition) is 2. The molecule has 3 rings (SSSR count). The molecule has 0 aliphatic heterocycles. The van der Waals surface area contributed by atoms with Crippen LogP contribution in [0.1, 0.15) is 19.4 Å². The van der Waals surface area contributed by atoms with Crippen molar-refractivity contribution >= 4 is 27.8 Å². The average molecular weight is 268 g/mol. The molecule has 0 atom stereocenters. The van der Waals surface area contributed by atoms with E-state index in [1.54, 1.807) is 20.0 Å². The third-order valence-corrected chi connectivity index (χ3v) is 3.69. The van der Waals surface area contributed by atoms with E-state index in [9.17, 15) is 9.90 Å². The zero-order valence-electron chi connectivity index (χ0n) is 11.5. The number of rotatable bonds is 3. The second kappa shape index (κ2) is 4.34. The summed E-state index contributed by atoms with van der Waals surface area (Å²) in [4.78, 5) is 18.7. The maximum atomic E-state index is 11.2. The molecule has 0 saturated heterocycles. The van der Waals surface area contributed by atoms with Crippen LogP contribution in [0.5, 0.6) is 0 Å². The standard InChI is InChI=1S/C16H16N2O2/c1-16(2,15(19)20)8-10-3-4-13-11(7-10)12-9-17-6-5-14(12)18-13/h3-7,9,18H,8H2,1-2H3,(H,19,20). The smallest absolute Gasteiger partial charge is 0.309 e. The lowest BCUT2D eigenvalue weighted by atomic mass is 9.85. The zero-order chi connectivity index (χ0) is 14.3. The van der Waals surface area contributed by atoms with Crippen molar-refractivity contribution in [3.8, 4) is 0 Å². The van der Waals surface area contributed by atoms with Gasteiger partial charge < -0.3 is 10.1 Å². The summed E-state index contributed by atoms with van der Waals surface area (Å²) in [7, 11) is 0. The lowest BCUT2D eigenvalue weighted by Crippen LogP contribution is -2.26. The van der Waals surface area contributed by atoms with E-state index in [-0.39, 0.29) is 0 Å². The summed E-state index contributed by atoms with van der Waals surface area (Å²) in [5.74, 6) is -0.779. The van der Waals surface area contributed by atoms with Gasteiger partial charge in [0.25, 0.3) is 0 Å². The van der Waals surface area contributed by atoms with Crippen molar-refractivity contribution in [3.63, 3.8) is 0 Å². The molecule has 4 heteroatoms. The van der Waals surface area contributed by atoms with Gasteiger partial charge in [0, 0.05) is 34.2 Å². The number of aromatic amines is 1. The predicted molar refractivity (Wildman–Crippen MR) is 78.7 cm³/mol. The molecular formula is C16H16N2O2. The number of pyridine rings is 1. The normalized spacial score (nSPS) is 12.1. The number of aromatic nitrogens is 2. The van der Waals surface area contributed by atoms with Crippen molar-refractivity contribution in [2.24, 2.45) is 5.41 Å². The topological polar surface area (TPSA) is 66.0 Å². The Kier molecular flexibility index (Phi) is 2.74. The van der Waals surface area contributed by atoms with Crippen molar-refractivity contribution in [2.45, 2.75) is 20.3 Å². The number of nitrogens with zero attached hydrogens (tertiary/aromatic N) is 1. The van der Waals surface area contributed by atoms with E-state index in [1.165, 1.54) is 0 Å². The first-order valence-electron chi connectivity index (χ1n) is 6.55. The summed E-state index contributed by atoms with van der Waals surface area (Å²) in [6.45, 7) is 3.49. The van der Waals surface area contributed by atoms with E-state index < -0.39 is 11.4 Å². The first-order chi connectivity index (χ1) is 9.47. The third kappa shape index (κ3) is 2.03. The average Bonchev–Trinajstić information content (AvgIpc) is 2.76. The van der Waals surface area contributed by atoms with Gasteiger partial charge in [0.05, 0.1) is 5.41 Å². The molecule has 0 aliphatic rings. The Morgan fingerprint density at radius 2 is 2.00 bits per heavy atom. The molecule has 0 bridgehead atoms. The summed E-state index contributed by atoms with van der Waals surface area (Å²) in [5, 5.41) is 11.4. The van der Waals surface area contributed by atoms with E-state index in [0.29, 0.717) is 6.42 Å². The van der Waals surface area contributed by atoms with Crippen LogP contribution in [0.3, 0.4) is 0 Å². The van der Waals surface area contributed by atoms with Gasteiger partial charge in [0.15, 0.2) is 0 Å². The van der Waals surface area contributed by atoms with Gasteiger partial charge in [-0.1, -0.05) is 6.07 Å². The SMILES string of the molecule is CC(C)(Cc1ccc2[nH]c3ccncc3c2c1)C(=O)O. The lowest BCUT2D eigenvalue weighted by molar-refractivity contribution is -0.146. The van der Waals surface area contributed by atoms with Gasteiger partial charge in [0.1, 0.15) is 0 Å². The Labute approximate surface area is 116 Å². The van der Waals surface area contributed by atoms with Crippen molar-refractivity contribution in [1.29, 1.82) is 0 Å². The molecule has 0 saturated carbocycles. The van der Waals surface area contributed by atoms with Crippen LogP contribution in [0.15, 0.2) is 36.7 Å². The fraction of sp³-hybridized carbons (Fsp3) is 0.250. The van der Waals surface area contributed by atoms with Crippen LogP contribution in [0.2, 0.25) is 0 Å². The lowest BCUT2D eigenvalue weighted by Gasteiger charge is -2.18. The number of H-pyrrole nitrogens is 1. The number of carboxylic acid groups (broad SMARTS) is 1. The van der Waals surface area contributed by atoms with Crippen LogP contribution in [-0.2, 0) is 11.2 Å². The molecule has 0 spiro atoms. The molecule has 102 valence electrons. The number of benzene rings is 1. The molecule has 0 unspecified atom stereocenters. The highest BCUT2D eigenvalue weighted by Crippen LogP contribution is 2.28. The molecule has 4 nitrogen and oxygen atoms in total. The molecular weight excluding hydrogens is 252 g/mol. The maximum Gasteiger partial charge on any atom is 0.309 e. The maximum absolute atomic E-state index is 11.2. The Morgan fingerprint density at radius 3 is 2.75 bits per heavy atom. The highest BCUT2D eigenvalue weighted by Gasteiger charge is 2.27. The number of fused-ring (bicyclic) bond motifs is 3.